The van der Waals surface area contributed by atoms with Gasteiger partial charge in [-0.15, -0.1) is 0 Å². The first kappa shape index (κ1) is 20.8. The molecule has 1 rings (SSSR count). The van der Waals surface area contributed by atoms with Gasteiger partial charge in [-0.3, -0.25) is 9.79 Å². The molecule has 0 aliphatic heterocycles. The summed E-state index contributed by atoms with van der Waals surface area (Å²) in [6.45, 7) is 22.5. The molecule has 2 atom stereocenters. The number of hydrogen-bond acceptors (Lipinski definition) is 2. The summed E-state index contributed by atoms with van der Waals surface area (Å²) in [5.74, 6) is 0.0874. The largest absolute Gasteiger partial charge is 0.326 e. The number of carbonyl (C=O) groups excluding carboxylic acids is 1. The van der Waals surface area contributed by atoms with Crippen molar-refractivity contribution in [2.75, 3.05) is 0 Å². The standard InChI is InChI=1S/C23H26N2O/c1-7-11-12-18(6)21-15-22(21)23(26)25-20(9-3)14-13-19(16-24-10-4)17(5)8-2/h7-14,16,21-22H,1-6,15H2,(H,25,26)/b12-11-,19-13-,20-14+,24-16?/t21-,22+/m0/s1. The first-order chi connectivity index (χ1) is 12.5. The summed E-state index contributed by atoms with van der Waals surface area (Å²) >= 11 is 0. The van der Waals surface area contributed by atoms with Gasteiger partial charge in [0.2, 0.25) is 5.91 Å². The maximum Gasteiger partial charge on any atom is 0.228 e. The van der Waals surface area contributed by atoms with E-state index in [1.165, 1.54) is 6.20 Å². The zero-order chi connectivity index (χ0) is 19.5. The fraction of sp³-hybridized carbons (Fsp3) is 0.130. The highest BCUT2D eigenvalue weighted by Gasteiger charge is 2.43. The average molecular weight is 346 g/mol. The Bertz CT molecular complexity index is 744. The van der Waals surface area contributed by atoms with Crippen molar-refractivity contribution in [1.29, 1.82) is 0 Å². The van der Waals surface area contributed by atoms with Crippen LogP contribution in [0.15, 0.2) is 116 Å². The number of allylic oxidation sites excluding steroid dienone is 10. The Morgan fingerprint density at radius 2 is 1.77 bits per heavy atom. The molecule has 1 N–H and O–H groups in total. The predicted octanol–water partition coefficient (Wildman–Crippen LogP) is 4.99. The predicted molar refractivity (Wildman–Crippen MR) is 113 cm³/mol. The molecule has 0 unspecified atom stereocenters. The maximum absolute atomic E-state index is 12.4. The van der Waals surface area contributed by atoms with E-state index in [1.807, 2.05) is 12.2 Å². The van der Waals surface area contributed by atoms with Crippen molar-refractivity contribution in [3.63, 3.8) is 0 Å². The van der Waals surface area contributed by atoms with Crippen LogP contribution in [0.4, 0.5) is 0 Å². The first-order valence-electron chi connectivity index (χ1n) is 8.27. The van der Waals surface area contributed by atoms with Gasteiger partial charge < -0.3 is 5.32 Å². The van der Waals surface area contributed by atoms with E-state index in [4.69, 9.17) is 0 Å². The number of aliphatic imine (C=N–C) groups is 1. The molecule has 0 aromatic heterocycles. The van der Waals surface area contributed by atoms with Crippen molar-refractivity contribution in [3.8, 4) is 0 Å². The second-order valence-electron chi connectivity index (χ2n) is 5.75. The Labute approximate surface area is 156 Å². The van der Waals surface area contributed by atoms with Crippen molar-refractivity contribution in [2.24, 2.45) is 16.8 Å². The molecule has 1 aliphatic carbocycles. The Balaban J connectivity index is 2.81. The van der Waals surface area contributed by atoms with Gasteiger partial charge in [-0.1, -0.05) is 75.4 Å². The molecule has 0 heterocycles. The normalized spacial score (nSPS) is 19.8. The van der Waals surface area contributed by atoms with Crippen LogP contribution in [0.2, 0.25) is 0 Å². The molecule has 3 heteroatoms. The average Bonchev–Trinajstić information content (AvgIpc) is 3.45. The number of carbonyl (C=O) groups is 1. The van der Waals surface area contributed by atoms with E-state index in [0.717, 1.165) is 17.6 Å². The molecule has 1 saturated carbocycles. The minimum absolute atomic E-state index is 0.0356. The molecule has 1 fully saturated rings. The lowest BCUT2D eigenvalue weighted by molar-refractivity contribution is -0.121. The monoisotopic (exact) mass is 346 g/mol. The molecule has 0 bridgehead atoms. The Kier molecular flexibility index (Phi) is 8.51. The molecule has 1 amide bonds. The maximum atomic E-state index is 12.4. The Morgan fingerprint density at radius 3 is 2.35 bits per heavy atom. The second-order valence-corrected chi connectivity index (χ2v) is 5.75. The lowest BCUT2D eigenvalue weighted by Gasteiger charge is -2.06. The lowest BCUT2D eigenvalue weighted by Crippen LogP contribution is -2.24. The summed E-state index contributed by atoms with van der Waals surface area (Å²) in [6, 6.07) is 0. The highest BCUT2D eigenvalue weighted by atomic mass is 16.2. The van der Waals surface area contributed by atoms with E-state index in [1.54, 1.807) is 36.6 Å². The third kappa shape index (κ3) is 6.36. The molecule has 3 nitrogen and oxygen atoms in total. The van der Waals surface area contributed by atoms with Gasteiger partial charge in [0.05, 0.1) is 0 Å². The number of amides is 1. The Morgan fingerprint density at radius 1 is 1.04 bits per heavy atom. The van der Waals surface area contributed by atoms with Crippen LogP contribution in [0.1, 0.15) is 6.42 Å². The van der Waals surface area contributed by atoms with E-state index in [9.17, 15) is 4.79 Å². The highest BCUT2D eigenvalue weighted by Crippen LogP contribution is 2.44. The summed E-state index contributed by atoms with van der Waals surface area (Å²) in [5.41, 5.74) is 3.03. The van der Waals surface area contributed by atoms with E-state index in [2.05, 4.69) is 49.8 Å². The van der Waals surface area contributed by atoms with Crippen LogP contribution >= 0.6 is 0 Å². The van der Waals surface area contributed by atoms with Crippen LogP contribution in [0, 0.1) is 11.8 Å². The number of hydrogen-bond donors (Lipinski definition) is 1. The first-order valence-corrected chi connectivity index (χ1v) is 8.27. The van der Waals surface area contributed by atoms with Crippen LogP contribution < -0.4 is 5.32 Å². The third-order valence-electron chi connectivity index (χ3n) is 3.92. The topological polar surface area (TPSA) is 41.5 Å². The molecule has 1 aliphatic rings. The number of rotatable bonds is 11. The zero-order valence-corrected chi connectivity index (χ0v) is 15.2. The molecular weight excluding hydrogens is 320 g/mol. The van der Waals surface area contributed by atoms with Crippen molar-refractivity contribution in [3.05, 3.63) is 111 Å². The third-order valence-corrected chi connectivity index (χ3v) is 3.92. The molecule has 0 radical (unpaired) electrons. The number of nitrogens with zero attached hydrogens (tertiary/aromatic N) is 1. The minimum Gasteiger partial charge on any atom is -0.326 e. The highest BCUT2D eigenvalue weighted by molar-refractivity contribution is 5.87. The van der Waals surface area contributed by atoms with Crippen LogP contribution in [0.25, 0.3) is 0 Å². The summed E-state index contributed by atoms with van der Waals surface area (Å²) in [4.78, 5) is 16.4. The van der Waals surface area contributed by atoms with Gasteiger partial charge in [-0.05, 0) is 35.6 Å². The molecule has 0 aromatic rings. The smallest absolute Gasteiger partial charge is 0.228 e. The molecule has 134 valence electrons. The zero-order valence-electron chi connectivity index (χ0n) is 15.2. The van der Waals surface area contributed by atoms with Crippen molar-refractivity contribution >= 4 is 12.1 Å². The van der Waals surface area contributed by atoms with Gasteiger partial charge in [0.15, 0.2) is 0 Å². The second kappa shape index (κ2) is 10.6. The van der Waals surface area contributed by atoms with Crippen molar-refractivity contribution < 1.29 is 4.79 Å². The summed E-state index contributed by atoms with van der Waals surface area (Å²) < 4.78 is 0. The van der Waals surface area contributed by atoms with Crippen molar-refractivity contribution in [2.45, 2.75) is 6.42 Å². The molecule has 0 spiro atoms. The fourth-order valence-corrected chi connectivity index (χ4v) is 2.27. The SMILES string of the molecule is C=C/C=C\C(=C)[C@@H]1C[C@H]1C(=O)N/C(C=C)=C/C=C(/C=NC=C)C(=C)C=C. The molecular formula is C23H26N2O. The van der Waals surface area contributed by atoms with Gasteiger partial charge in [-0.25, -0.2) is 0 Å². The minimum atomic E-state index is -0.0609. The van der Waals surface area contributed by atoms with E-state index < -0.39 is 0 Å². The number of nitrogens with one attached hydrogen (secondary N) is 1. The van der Waals surface area contributed by atoms with E-state index >= 15 is 0 Å². The van der Waals surface area contributed by atoms with Crippen LogP contribution in [0.5, 0.6) is 0 Å². The van der Waals surface area contributed by atoms with Gasteiger partial charge >= 0.3 is 0 Å². The van der Waals surface area contributed by atoms with E-state index in [-0.39, 0.29) is 17.7 Å². The fourth-order valence-electron chi connectivity index (χ4n) is 2.27. The van der Waals surface area contributed by atoms with Crippen LogP contribution in [-0.2, 0) is 4.79 Å². The Hall–Kier alpha value is -3.20. The van der Waals surface area contributed by atoms with Gasteiger partial charge in [-0.2, -0.15) is 0 Å². The molecule has 0 aromatic carbocycles. The van der Waals surface area contributed by atoms with Crippen LogP contribution in [0.3, 0.4) is 0 Å². The van der Waals surface area contributed by atoms with Crippen molar-refractivity contribution in [1.82, 2.24) is 5.32 Å². The van der Waals surface area contributed by atoms with Crippen LogP contribution in [-0.4, -0.2) is 12.1 Å². The lowest BCUT2D eigenvalue weighted by atomic mass is 10.1. The quantitative estimate of drug-likeness (QED) is 0.415. The van der Waals surface area contributed by atoms with Gasteiger partial charge in [0.25, 0.3) is 0 Å². The summed E-state index contributed by atoms with van der Waals surface area (Å²) in [5, 5.41) is 2.89. The molecule has 26 heavy (non-hydrogen) atoms. The summed E-state index contributed by atoms with van der Waals surface area (Å²) in [6.07, 6.45) is 16.1. The van der Waals surface area contributed by atoms with E-state index in [0.29, 0.717) is 11.3 Å². The van der Waals surface area contributed by atoms with Gasteiger partial charge in [0, 0.05) is 24.0 Å². The summed E-state index contributed by atoms with van der Waals surface area (Å²) in [7, 11) is 0. The van der Waals surface area contributed by atoms with Gasteiger partial charge in [0.1, 0.15) is 0 Å². The molecule has 0 saturated heterocycles.